The summed E-state index contributed by atoms with van der Waals surface area (Å²) in [5.41, 5.74) is 1.52. The molecule has 2 aliphatic rings. The maximum atomic E-state index is 14.6. The predicted molar refractivity (Wildman–Crippen MR) is 115 cm³/mol. The van der Waals surface area contributed by atoms with Crippen molar-refractivity contribution in [2.24, 2.45) is 5.92 Å². The van der Waals surface area contributed by atoms with Crippen molar-refractivity contribution in [2.75, 3.05) is 13.1 Å². The van der Waals surface area contributed by atoms with E-state index in [2.05, 4.69) is 9.88 Å². The summed E-state index contributed by atoms with van der Waals surface area (Å²) in [5.74, 6) is -0.186. The van der Waals surface area contributed by atoms with Gasteiger partial charge < -0.3 is 0 Å². The number of likely N-dealkylation sites (tertiary alicyclic amines) is 1. The molecule has 2 fully saturated rings. The first-order valence-electron chi connectivity index (χ1n) is 9.82. The molecule has 7 heteroatoms. The van der Waals surface area contributed by atoms with E-state index in [9.17, 15) is 14.0 Å². The number of carbonyl (C=O) groups excluding carboxylic acids is 2. The van der Waals surface area contributed by atoms with Gasteiger partial charge in [0, 0.05) is 48.3 Å². The van der Waals surface area contributed by atoms with E-state index in [1.807, 2.05) is 11.5 Å². The average Bonchev–Trinajstić information content (AvgIpc) is 3.42. The van der Waals surface area contributed by atoms with E-state index in [0.717, 1.165) is 29.8 Å². The van der Waals surface area contributed by atoms with Gasteiger partial charge in [0.05, 0.1) is 6.04 Å². The number of hydrogen-bond donors (Lipinski definition) is 0. The first-order chi connectivity index (χ1) is 14.0. The maximum Gasteiger partial charge on any atom is 0.186 e. The zero-order chi connectivity index (χ0) is 20.4. The van der Waals surface area contributed by atoms with E-state index < -0.39 is 6.04 Å². The maximum absolute atomic E-state index is 14.6. The second kappa shape index (κ2) is 8.90. The number of ketones is 1. The third-order valence-corrected chi connectivity index (χ3v) is 7.24. The number of benzene rings is 1. The van der Waals surface area contributed by atoms with Gasteiger partial charge >= 0.3 is 0 Å². The van der Waals surface area contributed by atoms with Gasteiger partial charge in [0.25, 0.3) is 0 Å². The highest BCUT2D eigenvalue weighted by Gasteiger charge is 2.41. The van der Waals surface area contributed by atoms with Crippen LogP contribution in [0.25, 0.3) is 6.08 Å². The molecule has 2 atom stereocenters. The molecule has 29 heavy (non-hydrogen) atoms. The first-order valence-corrected chi connectivity index (χ1v) is 11.6. The lowest BCUT2D eigenvalue weighted by molar-refractivity contribution is -0.126. The van der Waals surface area contributed by atoms with Gasteiger partial charge in [-0.25, -0.2) is 9.37 Å². The Morgan fingerprint density at radius 1 is 1.31 bits per heavy atom. The first kappa shape index (κ1) is 20.4. The Morgan fingerprint density at radius 2 is 2.10 bits per heavy atom. The van der Waals surface area contributed by atoms with Gasteiger partial charge in [0.2, 0.25) is 0 Å². The van der Waals surface area contributed by atoms with Crippen molar-refractivity contribution in [3.8, 4) is 0 Å². The van der Waals surface area contributed by atoms with Crippen LogP contribution in [0.4, 0.5) is 4.39 Å². The monoisotopic (exact) mass is 430 g/mol. The van der Waals surface area contributed by atoms with Gasteiger partial charge in [-0.15, -0.1) is 11.3 Å². The van der Waals surface area contributed by atoms with Gasteiger partial charge in [-0.3, -0.25) is 14.5 Å². The number of hydrogen-bond acceptors (Lipinski definition) is 6. The second-order valence-corrected chi connectivity index (χ2v) is 9.85. The molecule has 1 aromatic carbocycles. The highest BCUT2D eigenvalue weighted by molar-refractivity contribution is 8.14. The van der Waals surface area contributed by atoms with Gasteiger partial charge in [-0.1, -0.05) is 30.0 Å². The number of halogens is 1. The number of piperidine rings is 1. The summed E-state index contributed by atoms with van der Waals surface area (Å²) in [6.45, 7) is 2.76. The Balaban J connectivity index is 1.66. The molecule has 0 bridgehead atoms. The highest BCUT2D eigenvalue weighted by atomic mass is 32.2. The quantitative estimate of drug-likeness (QED) is 0.663. The molecule has 1 saturated carbocycles. The van der Waals surface area contributed by atoms with Crippen molar-refractivity contribution in [2.45, 2.75) is 37.5 Å². The Bertz CT molecular complexity index is 925. The van der Waals surface area contributed by atoms with Crippen LogP contribution >= 0.6 is 23.1 Å². The number of carbonyl (C=O) groups is 2. The molecule has 4 nitrogen and oxygen atoms in total. The number of thiazole rings is 1. The smallest absolute Gasteiger partial charge is 0.186 e. The highest BCUT2D eigenvalue weighted by Crippen LogP contribution is 2.40. The van der Waals surface area contributed by atoms with Crippen molar-refractivity contribution in [1.82, 2.24) is 9.88 Å². The fraction of sp³-hybridized carbons (Fsp3) is 0.409. The van der Waals surface area contributed by atoms with Gasteiger partial charge in [0.15, 0.2) is 10.9 Å². The normalized spacial score (nSPS) is 22.6. The lowest BCUT2D eigenvalue weighted by atomic mass is 9.93. The van der Waals surface area contributed by atoms with E-state index in [1.165, 1.54) is 17.8 Å². The third kappa shape index (κ3) is 4.85. The molecule has 4 rings (SSSR count). The molecule has 152 valence electrons. The lowest BCUT2D eigenvalue weighted by Crippen LogP contribution is -2.43. The number of Topliss-reactive ketones (excluding diaryl/α,β-unsaturated/α-hetero) is 1. The Kier molecular flexibility index (Phi) is 6.27. The van der Waals surface area contributed by atoms with Gasteiger partial charge in [0.1, 0.15) is 10.8 Å². The number of nitrogens with zero attached hydrogens (tertiary/aromatic N) is 2. The van der Waals surface area contributed by atoms with Crippen molar-refractivity contribution in [1.29, 1.82) is 0 Å². The molecular weight excluding hydrogens is 407 g/mol. The zero-order valence-electron chi connectivity index (χ0n) is 16.2. The third-order valence-electron chi connectivity index (χ3n) is 5.36. The van der Waals surface area contributed by atoms with E-state index >= 15 is 0 Å². The van der Waals surface area contributed by atoms with Crippen LogP contribution in [0.15, 0.2) is 41.4 Å². The van der Waals surface area contributed by atoms with E-state index in [0.29, 0.717) is 18.7 Å². The minimum absolute atomic E-state index is 0.0373. The fourth-order valence-corrected chi connectivity index (χ4v) is 5.38. The second-order valence-electron chi connectivity index (χ2n) is 7.55. The molecule has 0 N–H and O–H groups in total. The molecule has 1 saturated heterocycles. The van der Waals surface area contributed by atoms with Crippen molar-refractivity contribution >= 4 is 40.1 Å². The lowest BCUT2D eigenvalue weighted by Gasteiger charge is -2.38. The molecule has 1 aliphatic carbocycles. The summed E-state index contributed by atoms with van der Waals surface area (Å²) in [5, 5.41) is 2.93. The fourth-order valence-electron chi connectivity index (χ4n) is 3.86. The Hall–Kier alpha value is -1.83. The molecule has 0 spiro atoms. The van der Waals surface area contributed by atoms with E-state index in [1.54, 1.807) is 42.7 Å². The minimum atomic E-state index is -0.577. The number of thioether (sulfide) groups is 1. The van der Waals surface area contributed by atoms with E-state index in [4.69, 9.17) is 0 Å². The van der Waals surface area contributed by atoms with Gasteiger partial charge in [-0.05, 0) is 37.0 Å². The van der Waals surface area contributed by atoms with Crippen LogP contribution in [0.3, 0.4) is 0 Å². The van der Waals surface area contributed by atoms with Crippen molar-refractivity contribution < 1.29 is 14.0 Å². The summed E-state index contributed by atoms with van der Waals surface area (Å²) in [6, 6.07) is 6.01. The Labute approximate surface area is 178 Å². The summed E-state index contributed by atoms with van der Waals surface area (Å²) < 4.78 is 14.6. The minimum Gasteiger partial charge on any atom is -0.297 e. The standard InChI is InChI=1S/C22H23FN2O2S2/c1-14(26)29-19-8-10-25(13-16(19)12-20-24-9-11-28-20)21(22(27)15-6-7-15)17-4-2-3-5-18(17)23/h2-5,9,11-12,15,19,21H,6-8,10,13H2,1H3/b16-12+. The number of rotatable bonds is 6. The topological polar surface area (TPSA) is 50.3 Å². The molecule has 0 amide bonds. The summed E-state index contributed by atoms with van der Waals surface area (Å²) >= 11 is 2.87. The molecular formula is C22H23FN2O2S2. The molecule has 0 radical (unpaired) electrons. The molecule has 1 aliphatic heterocycles. The van der Waals surface area contributed by atoms with Crippen LogP contribution in [-0.4, -0.2) is 39.1 Å². The molecule has 1 aromatic heterocycles. The van der Waals surface area contributed by atoms with E-state index in [-0.39, 0.29) is 27.9 Å². The van der Waals surface area contributed by atoms with Crippen molar-refractivity contribution in [3.63, 3.8) is 0 Å². The van der Waals surface area contributed by atoms with Crippen molar-refractivity contribution in [3.05, 3.63) is 57.8 Å². The molecule has 2 aromatic rings. The Morgan fingerprint density at radius 3 is 2.76 bits per heavy atom. The summed E-state index contributed by atoms with van der Waals surface area (Å²) in [4.78, 5) is 31.3. The predicted octanol–water partition coefficient (Wildman–Crippen LogP) is 4.74. The average molecular weight is 431 g/mol. The van der Waals surface area contributed by atoms with Gasteiger partial charge in [-0.2, -0.15) is 0 Å². The van der Waals surface area contributed by atoms with Crippen LogP contribution in [0.5, 0.6) is 0 Å². The number of aromatic nitrogens is 1. The van der Waals surface area contributed by atoms with Crippen LogP contribution in [0.1, 0.15) is 42.8 Å². The van der Waals surface area contributed by atoms with Crippen LogP contribution < -0.4 is 0 Å². The van der Waals surface area contributed by atoms with Crippen LogP contribution in [0.2, 0.25) is 0 Å². The SMILES string of the molecule is CC(=O)SC1CCN(C(C(=O)C2CC2)c2ccccc2F)C/C1=C\c1nccs1. The molecule has 2 heterocycles. The summed E-state index contributed by atoms with van der Waals surface area (Å²) in [6.07, 6.45) is 6.30. The largest absolute Gasteiger partial charge is 0.297 e. The summed E-state index contributed by atoms with van der Waals surface area (Å²) in [7, 11) is 0. The van der Waals surface area contributed by atoms with Crippen LogP contribution in [0, 0.1) is 11.7 Å². The zero-order valence-corrected chi connectivity index (χ0v) is 17.8. The molecule has 2 unspecified atom stereocenters. The van der Waals surface area contributed by atoms with Crippen LogP contribution in [-0.2, 0) is 9.59 Å².